The predicted molar refractivity (Wildman–Crippen MR) is 92.3 cm³/mol. The third-order valence-corrected chi connectivity index (χ3v) is 6.22. The highest BCUT2D eigenvalue weighted by Crippen LogP contribution is 2.29. The van der Waals surface area contributed by atoms with E-state index < -0.39 is 5.97 Å². The van der Waals surface area contributed by atoms with Crippen LogP contribution in [-0.4, -0.2) is 46.1 Å². The third-order valence-electron chi connectivity index (χ3n) is 5.10. The molecule has 1 aliphatic carbocycles. The Morgan fingerprint density at radius 2 is 2.04 bits per heavy atom. The predicted octanol–water partition coefficient (Wildman–Crippen LogP) is 2.98. The van der Waals surface area contributed by atoms with E-state index in [4.69, 9.17) is 5.11 Å². The molecule has 2 heterocycles. The molecule has 1 aromatic rings. The highest BCUT2D eigenvalue weighted by molar-refractivity contribution is 7.09. The van der Waals surface area contributed by atoms with Gasteiger partial charge < -0.3 is 15.3 Å². The van der Waals surface area contributed by atoms with Gasteiger partial charge >= 0.3 is 12.0 Å². The van der Waals surface area contributed by atoms with Gasteiger partial charge in [0, 0.05) is 36.1 Å². The van der Waals surface area contributed by atoms with Gasteiger partial charge in [-0.15, -0.1) is 11.3 Å². The summed E-state index contributed by atoms with van der Waals surface area (Å²) in [6, 6.07) is 0.0994. The monoisotopic (exact) mass is 351 g/mol. The fraction of sp³-hybridized carbons (Fsp3) is 0.706. The minimum absolute atomic E-state index is 0.00764. The van der Waals surface area contributed by atoms with E-state index in [1.54, 1.807) is 11.3 Å². The van der Waals surface area contributed by atoms with Crippen LogP contribution in [-0.2, 0) is 4.79 Å². The van der Waals surface area contributed by atoms with Crippen molar-refractivity contribution in [1.29, 1.82) is 0 Å². The normalized spacial score (nSPS) is 27.7. The Hall–Kier alpha value is -1.63. The molecule has 0 spiro atoms. The Morgan fingerprint density at radius 3 is 2.67 bits per heavy atom. The van der Waals surface area contributed by atoms with E-state index >= 15 is 0 Å². The first kappa shape index (κ1) is 17.2. The zero-order valence-corrected chi connectivity index (χ0v) is 14.8. The van der Waals surface area contributed by atoms with Crippen molar-refractivity contribution in [2.75, 3.05) is 13.1 Å². The van der Waals surface area contributed by atoms with Crippen LogP contribution in [0.3, 0.4) is 0 Å². The molecule has 24 heavy (non-hydrogen) atoms. The summed E-state index contributed by atoms with van der Waals surface area (Å²) in [5, 5.41) is 15.3. The Morgan fingerprint density at radius 1 is 1.29 bits per heavy atom. The van der Waals surface area contributed by atoms with Crippen LogP contribution in [0.4, 0.5) is 4.79 Å². The summed E-state index contributed by atoms with van der Waals surface area (Å²) in [6.07, 6.45) is 4.91. The Labute approximate surface area is 146 Å². The number of urea groups is 1. The van der Waals surface area contributed by atoms with Crippen LogP contribution in [0.1, 0.15) is 55.1 Å². The minimum Gasteiger partial charge on any atom is -0.481 e. The number of aromatic nitrogens is 1. The van der Waals surface area contributed by atoms with Gasteiger partial charge in [-0.1, -0.05) is 0 Å². The van der Waals surface area contributed by atoms with E-state index in [-0.39, 0.29) is 18.0 Å². The number of carbonyl (C=O) groups is 2. The zero-order chi connectivity index (χ0) is 17.1. The standard InChI is InChI=1S/C17H25N3O3S/c1-11-10-24-15(18-11)13-3-2-8-20(9-13)17(23)19-14-6-4-12(5-7-14)16(21)22/h10,12-14H,2-9H2,1H3,(H,19,23)(H,21,22). The maximum Gasteiger partial charge on any atom is 0.317 e. The first-order valence-electron chi connectivity index (χ1n) is 8.73. The quantitative estimate of drug-likeness (QED) is 0.877. The molecule has 7 heteroatoms. The smallest absolute Gasteiger partial charge is 0.317 e. The fourth-order valence-corrected chi connectivity index (χ4v) is 4.60. The number of nitrogens with one attached hydrogen (secondary N) is 1. The van der Waals surface area contributed by atoms with Crippen molar-refractivity contribution in [1.82, 2.24) is 15.2 Å². The molecule has 1 aromatic heterocycles. The lowest BCUT2D eigenvalue weighted by Crippen LogP contribution is -2.49. The lowest BCUT2D eigenvalue weighted by molar-refractivity contribution is -0.142. The first-order chi connectivity index (χ1) is 11.5. The van der Waals surface area contributed by atoms with Gasteiger partial charge in [-0.05, 0) is 45.4 Å². The van der Waals surface area contributed by atoms with Crippen LogP contribution in [0.25, 0.3) is 0 Å². The van der Waals surface area contributed by atoms with E-state index in [0.29, 0.717) is 18.8 Å². The van der Waals surface area contributed by atoms with Crippen molar-refractivity contribution in [2.45, 2.75) is 57.4 Å². The van der Waals surface area contributed by atoms with E-state index in [9.17, 15) is 9.59 Å². The molecule has 132 valence electrons. The number of rotatable bonds is 3. The summed E-state index contributed by atoms with van der Waals surface area (Å²) in [6.45, 7) is 3.52. The summed E-state index contributed by atoms with van der Waals surface area (Å²) < 4.78 is 0. The van der Waals surface area contributed by atoms with Gasteiger partial charge in [-0.3, -0.25) is 4.79 Å². The van der Waals surface area contributed by atoms with Crippen molar-refractivity contribution in [3.63, 3.8) is 0 Å². The number of piperidine rings is 1. The molecule has 2 amide bonds. The lowest BCUT2D eigenvalue weighted by Gasteiger charge is -2.34. The molecule has 1 atom stereocenters. The van der Waals surface area contributed by atoms with Crippen molar-refractivity contribution >= 4 is 23.3 Å². The Bertz CT molecular complexity index is 596. The van der Waals surface area contributed by atoms with E-state index in [0.717, 1.165) is 49.5 Å². The summed E-state index contributed by atoms with van der Waals surface area (Å²) in [4.78, 5) is 30.0. The van der Waals surface area contributed by atoms with Crippen molar-refractivity contribution in [2.24, 2.45) is 5.92 Å². The third kappa shape index (κ3) is 4.06. The SMILES string of the molecule is Cc1csc(C2CCCN(C(=O)NC3CCC(C(=O)O)CC3)C2)n1. The van der Waals surface area contributed by atoms with Crippen molar-refractivity contribution in [3.05, 3.63) is 16.1 Å². The molecule has 1 saturated carbocycles. The van der Waals surface area contributed by atoms with Crippen molar-refractivity contribution < 1.29 is 14.7 Å². The summed E-state index contributed by atoms with van der Waals surface area (Å²) in [5.74, 6) is -0.617. The maximum absolute atomic E-state index is 12.5. The largest absolute Gasteiger partial charge is 0.481 e. The molecule has 2 fully saturated rings. The molecule has 0 aromatic carbocycles. The number of amides is 2. The van der Waals surface area contributed by atoms with E-state index in [1.165, 1.54) is 0 Å². The molecular weight excluding hydrogens is 326 g/mol. The highest BCUT2D eigenvalue weighted by atomic mass is 32.1. The number of carbonyl (C=O) groups excluding carboxylic acids is 1. The Balaban J connectivity index is 1.51. The van der Waals surface area contributed by atoms with Gasteiger partial charge in [0.15, 0.2) is 0 Å². The molecule has 2 N–H and O–H groups in total. The lowest BCUT2D eigenvalue weighted by atomic mass is 9.86. The molecule has 1 saturated heterocycles. The van der Waals surface area contributed by atoms with Crippen LogP contribution in [0.5, 0.6) is 0 Å². The number of hydrogen-bond donors (Lipinski definition) is 2. The van der Waals surface area contributed by atoms with Crippen LogP contribution in [0.2, 0.25) is 0 Å². The number of likely N-dealkylation sites (tertiary alicyclic amines) is 1. The Kier molecular flexibility index (Phi) is 5.38. The summed E-state index contributed by atoms with van der Waals surface area (Å²) >= 11 is 1.68. The summed E-state index contributed by atoms with van der Waals surface area (Å²) in [7, 11) is 0. The number of carboxylic acids is 1. The summed E-state index contributed by atoms with van der Waals surface area (Å²) in [5.41, 5.74) is 1.05. The molecule has 3 rings (SSSR count). The molecule has 6 nitrogen and oxygen atoms in total. The maximum atomic E-state index is 12.5. The molecule has 1 unspecified atom stereocenters. The van der Waals surface area contributed by atoms with Crippen LogP contribution < -0.4 is 5.32 Å². The molecule has 0 radical (unpaired) electrons. The second kappa shape index (κ2) is 7.51. The number of thiazole rings is 1. The second-order valence-corrected chi connectivity index (χ2v) is 7.84. The molecule has 2 aliphatic rings. The molecule has 1 aliphatic heterocycles. The minimum atomic E-state index is -0.711. The highest BCUT2D eigenvalue weighted by Gasteiger charge is 2.30. The zero-order valence-electron chi connectivity index (χ0n) is 14.0. The first-order valence-corrected chi connectivity index (χ1v) is 9.61. The van der Waals surface area contributed by atoms with E-state index in [2.05, 4.69) is 15.7 Å². The number of hydrogen-bond acceptors (Lipinski definition) is 4. The molecule has 0 bridgehead atoms. The fourth-order valence-electron chi connectivity index (χ4n) is 3.67. The van der Waals surface area contributed by atoms with Crippen LogP contribution in [0, 0.1) is 12.8 Å². The topological polar surface area (TPSA) is 82.5 Å². The van der Waals surface area contributed by atoms with Gasteiger partial charge in [-0.2, -0.15) is 0 Å². The van der Waals surface area contributed by atoms with Gasteiger partial charge in [0.25, 0.3) is 0 Å². The molecular formula is C17H25N3O3S. The van der Waals surface area contributed by atoms with Crippen molar-refractivity contribution in [3.8, 4) is 0 Å². The number of aliphatic carboxylic acids is 1. The number of aryl methyl sites for hydroxylation is 1. The number of nitrogens with zero attached hydrogens (tertiary/aromatic N) is 2. The second-order valence-electron chi connectivity index (χ2n) is 6.95. The van der Waals surface area contributed by atoms with Crippen LogP contribution in [0.15, 0.2) is 5.38 Å². The average Bonchev–Trinajstić information content (AvgIpc) is 3.02. The van der Waals surface area contributed by atoms with E-state index in [1.807, 2.05) is 11.8 Å². The van der Waals surface area contributed by atoms with Gasteiger partial charge in [0.2, 0.25) is 0 Å². The van der Waals surface area contributed by atoms with Crippen LogP contribution >= 0.6 is 11.3 Å². The van der Waals surface area contributed by atoms with Gasteiger partial charge in [0.05, 0.1) is 10.9 Å². The average molecular weight is 351 g/mol. The van der Waals surface area contributed by atoms with Gasteiger partial charge in [0.1, 0.15) is 0 Å². The van der Waals surface area contributed by atoms with Gasteiger partial charge in [-0.25, -0.2) is 9.78 Å². The number of carboxylic acid groups (broad SMARTS) is 1.